The topological polar surface area (TPSA) is 34.9 Å². The largest absolute Gasteiger partial charge is 0.296 e. The van der Waals surface area contributed by atoms with Crippen LogP contribution in [-0.4, -0.2) is 16.1 Å². The van der Waals surface area contributed by atoms with Crippen molar-refractivity contribution in [3.63, 3.8) is 0 Å². The smallest absolute Gasteiger partial charge is 0.168 e. The first-order chi connectivity index (χ1) is 7.24. The van der Waals surface area contributed by atoms with E-state index >= 15 is 0 Å². The van der Waals surface area contributed by atoms with Crippen LogP contribution in [0.2, 0.25) is 0 Å². The fourth-order valence-corrected chi connectivity index (χ4v) is 1.85. The lowest BCUT2D eigenvalue weighted by Gasteiger charge is -2.05. The maximum Gasteiger partial charge on any atom is 0.168 e. The lowest BCUT2D eigenvalue weighted by molar-refractivity contribution is 0.111. The lowest BCUT2D eigenvalue weighted by atomic mass is 10.2. The summed E-state index contributed by atoms with van der Waals surface area (Å²) in [7, 11) is 0. The van der Waals surface area contributed by atoms with E-state index in [1.807, 2.05) is 31.2 Å². The summed E-state index contributed by atoms with van der Waals surface area (Å²) in [6.45, 7) is 1.87. The summed E-state index contributed by atoms with van der Waals surface area (Å²) in [5.41, 5.74) is 2.33. The number of aldehydes is 1. The van der Waals surface area contributed by atoms with Crippen LogP contribution in [0.1, 0.15) is 16.1 Å². The van der Waals surface area contributed by atoms with Gasteiger partial charge in [0.15, 0.2) is 6.29 Å². The molecule has 0 bridgehead atoms. The zero-order valence-corrected chi connectivity index (χ0v) is 9.73. The monoisotopic (exact) mass is 264 g/mol. The molecule has 0 atom stereocenters. The van der Waals surface area contributed by atoms with Crippen molar-refractivity contribution < 1.29 is 4.79 Å². The fraction of sp³-hybridized carbons (Fsp3) is 0.0909. The molecule has 0 N–H and O–H groups in total. The Morgan fingerprint density at radius 2 is 2.13 bits per heavy atom. The normalized spacial score (nSPS) is 10.3. The first kappa shape index (κ1) is 10.1. The van der Waals surface area contributed by atoms with Gasteiger partial charge in [-0.25, -0.2) is 4.68 Å². The molecule has 1 aromatic carbocycles. The molecule has 2 rings (SSSR count). The highest BCUT2D eigenvalue weighted by molar-refractivity contribution is 9.10. The number of hydrogen-bond acceptors (Lipinski definition) is 2. The molecule has 2 aromatic rings. The number of aryl methyl sites for hydroxylation is 1. The Bertz CT molecular complexity index is 505. The molecule has 0 aliphatic carbocycles. The van der Waals surface area contributed by atoms with Crippen LogP contribution >= 0.6 is 15.9 Å². The first-order valence-corrected chi connectivity index (χ1v) is 5.28. The molecule has 0 aliphatic rings. The summed E-state index contributed by atoms with van der Waals surface area (Å²) in [6.07, 6.45) is 2.50. The van der Waals surface area contributed by atoms with Crippen LogP contribution in [0, 0.1) is 6.92 Å². The maximum absolute atomic E-state index is 10.9. The van der Waals surface area contributed by atoms with Gasteiger partial charge in [0.05, 0.1) is 11.9 Å². The van der Waals surface area contributed by atoms with Gasteiger partial charge < -0.3 is 0 Å². The van der Waals surface area contributed by atoms with Gasteiger partial charge >= 0.3 is 0 Å². The van der Waals surface area contributed by atoms with Crippen LogP contribution in [0.3, 0.4) is 0 Å². The number of benzene rings is 1. The quantitative estimate of drug-likeness (QED) is 0.782. The van der Waals surface area contributed by atoms with Gasteiger partial charge in [0.2, 0.25) is 0 Å². The van der Waals surface area contributed by atoms with Crippen molar-refractivity contribution in [2.24, 2.45) is 0 Å². The molecule has 0 aliphatic heterocycles. The van der Waals surface area contributed by atoms with Crippen LogP contribution < -0.4 is 0 Å². The summed E-state index contributed by atoms with van der Waals surface area (Å²) < 4.78 is 2.54. The first-order valence-electron chi connectivity index (χ1n) is 4.48. The van der Waals surface area contributed by atoms with E-state index in [-0.39, 0.29) is 0 Å². The van der Waals surface area contributed by atoms with Gasteiger partial charge in [-0.1, -0.05) is 12.1 Å². The number of halogens is 1. The lowest BCUT2D eigenvalue weighted by Crippen LogP contribution is -2.02. The summed E-state index contributed by atoms with van der Waals surface area (Å²) in [5, 5.41) is 4.17. The molecule has 0 spiro atoms. The number of carbonyl (C=O) groups excluding carboxylic acids is 1. The van der Waals surface area contributed by atoms with Gasteiger partial charge in [0, 0.05) is 4.47 Å². The van der Waals surface area contributed by atoms with E-state index in [2.05, 4.69) is 21.0 Å². The Kier molecular flexibility index (Phi) is 2.68. The summed E-state index contributed by atoms with van der Waals surface area (Å²) >= 11 is 3.43. The van der Waals surface area contributed by atoms with Gasteiger partial charge in [-0.3, -0.25) is 4.79 Å². The van der Waals surface area contributed by atoms with Gasteiger partial charge in [0.25, 0.3) is 0 Å². The van der Waals surface area contributed by atoms with E-state index in [1.54, 1.807) is 10.9 Å². The molecular formula is C11H9BrN2O. The molecule has 0 saturated carbocycles. The van der Waals surface area contributed by atoms with E-state index in [0.717, 1.165) is 22.0 Å². The van der Waals surface area contributed by atoms with E-state index in [9.17, 15) is 4.79 Å². The van der Waals surface area contributed by atoms with Gasteiger partial charge in [-0.2, -0.15) is 5.10 Å². The fourth-order valence-electron chi connectivity index (χ4n) is 1.40. The highest BCUT2D eigenvalue weighted by atomic mass is 79.9. The van der Waals surface area contributed by atoms with Crippen LogP contribution in [0.25, 0.3) is 5.69 Å². The molecule has 0 amide bonds. The number of aromatic nitrogens is 2. The standard InChI is InChI=1S/C11H9BrN2O/c1-8-6-13-14(11(8)7-15)10-5-3-2-4-9(10)12/h2-7H,1H3. The van der Waals surface area contributed by atoms with Crippen molar-refractivity contribution >= 4 is 22.2 Å². The second kappa shape index (κ2) is 3.98. The van der Waals surface area contributed by atoms with Crippen molar-refractivity contribution in [1.82, 2.24) is 9.78 Å². The van der Waals surface area contributed by atoms with E-state index in [4.69, 9.17) is 0 Å². The highest BCUT2D eigenvalue weighted by Crippen LogP contribution is 2.21. The van der Waals surface area contributed by atoms with Crippen LogP contribution in [-0.2, 0) is 0 Å². The average Bonchev–Trinajstić information content (AvgIpc) is 2.60. The number of rotatable bonds is 2. The van der Waals surface area contributed by atoms with Crippen molar-refractivity contribution in [3.8, 4) is 5.69 Å². The van der Waals surface area contributed by atoms with E-state index in [1.165, 1.54) is 0 Å². The third-order valence-electron chi connectivity index (χ3n) is 2.19. The van der Waals surface area contributed by atoms with Crippen molar-refractivity contribution in [2.45, 2.75) is 6.92 Å². The van der Waals surface area contributed by atoms with Crippen LogP contribution in [0.4, 0.5) is 0 Å². The van der Waals surface area contributed by atoms with Crippen molar-refractivity contribution in [2.75, 3.05) is 0 Å². The van der Waals surface area contributed by atoms with Gasteiger partial charge in [0.1, 0.15) is 5.69 Å². The van der Waals surface area contributed by atoms with E-state index < -0.39 is 0 Å². The molecule has 15 heavy (non-hydrogen) atoms. The average molecular weight is 265 g/mol. The summed E-state index contributed by atoms with van der Waals surface area (Å²) in [5.74, 6) is 0. The Balaban J connectivity index is 2.64. The third-order valence-corrected chi connectivity index (χ3v) is 2.86. The minimum absolute atomic E-state index is 0.585. The zero-order valence-electron chi connectivity index (χ0n) is 8.14. The molecule has 0 radical (unpaired) electrons. The Labute approximate surface area is 95.9 Å². The highest BCUT2D eigenvalue weighted by Gasteiger charge is 2.09. The van der Waals surface area contributed by atoms with Crippen molar-refractivity contribution in [3.05, 3.63) is 46.2 Å². The van der Waals surface area contributed by atoms with Gasteiger partial charge in [-0.15, -0.1) is 0 Å². The van der Waals surface area contributed by atoms with E-state index in [0.29, 0.717) is 5.69 Å². The number of nitrogens with zero attached hydrogens (tertiary/aromatic N) is 2. The summed E-state index contributed by atoms with van der Waals surface area (Å²) in [6, 6.07) is 7.65. The minimum Gasteiger partial charge on any atom is -0.296 e. The molecule has 1 heterocycles. The molecule has 76 valence electrons. The molecule has 1 aromatic heterocycles. The maximum atomic E-state index is 10.9. The third kappa shape index (κ3) is 1.72. The predicted molar refractivity (Wildman–Crippen MR) is 61.4 cm³/mol. The molecule has 4 heteroatoms. The molecule has 3 nitrogen and oxygen atoms in total. The Hall–Kier alpha value is -1.42. The number of para-hydroxylation sites is 1. The second-order valence-corrected chi connectivity index (χ2v) is 4.05. The number of hydrogen-bond donors (Lipinski definition) is 0. The van der Waals surface area contributed by atoms with Crippen LogP contribution in [0.5, 0.6) is 0 Å². The Morgan fingerprint density at radius 1 is 1.40 bits per heavy atom. The van der Waals surface area contributed by atoms with Gasteiger partial charge in [-0.05, 0) is 40.5 Å². The predicted octanol–water partition coefficient (Wildman–Crippen LogP) is 2.76. The molecule has 0 saturated heterocycles. The van der Waals surface area contributed by atoms with Crippen LogP contribution in [0.15, 0.2) is 34.9 Å². The van der Waals surface area contributed by atoms with Crippen molar-refractivity contribution in [1.29, 1.82) is 0 Å². The minimum atomic E-state index is 0.585. The SMILES string of the molecule is Cc1cnn(-c2ccccc2Br)c1C=O. The molecule has 0 fully saturated rings. The molecular weight excluding hydrogens is 256 g/mol. The molecule has 0 unspecified atom stereocenters. The number of carbonyl (C=O) groups is 1. The summed E-state index contributed by atoms with van der Waals surface area (Å²) in [4.78, 5) is 10.9. The second-order valence-electron chi connectivity index (χ2n) is 3.19. The zero-order chi connectivity index (χ0) is 10.8. The Morgan fingerprint density at radius 3 is 2.80 bits per heavy atom.